The first-order valence-corrected chi connectivity index (χ1v) is 7.66. The highest BCUT2D eigenvalue weighted by Gasteiger charge is 2.52. The predicted octanol–water partition coefficient (Wildman–Crippen LogP) is 2.50. The number of rotatable bonds is 2. The average Bonchev–Trinajstić information content (AvgIpc) is 2.75. The summed E-state index contributed by atoms with van der Waals surface area (Å²) in [6.45, 7) is 5.23. The van der Waals surface area contributed by atoms with E-state index < -0.39 is 6.09 Å². The van der Waals surface area contributed by atoms with E-state index in [1.54, 1.807) is 0 Å². The molecule has 22 heavy (non-hydrogen) atoms. The number of hydrogen-bond acceptors (Lipinski definition) is 3. The molecule has 5 nitrogen and oxygen atoms in total. The summed E-state index contributed by atoms with van der Waals surface area (Å²) >= 11 is 0. The van der Waals surface area contributed by atoms with Gasteiger partial charge < -0.3 is 10.0 Å². The molecule has 2 fully saturated rings. The second kappa shape index (κ2) is 5.29. The molecule has 0 aliphatic carbocycles. The highest BCUT2D eigenvalue weighted by Crippen LogP contribution is 2.43. The number of benzene rings is 1. The van der Waals surface area contributed by atoms with Crippen molar-refractivity contribution in [3.05, 3.63) is 35.9 Å². The number of amides is 1. The molecule has 1 N–H and O–H groups in total. The first kappa shape index (κ1) is 14.9. The molecule has 0 radical (unpaired) electrons. The van der Waals surface area contributed by atoms with Crippen LogP contribution < -0.4 is 0 Å². The van der Waals surface area contributed by atoms with Crippen molar-refractivity contribution in [2.24, 2.45) is 5.92 Å². The number of carbonyl (C=O) groups is 1. The summed E-state index contributed by atoms with van der Waals surface area (Å²) in [7, 11) is 0. The molecular weight excluding hydrogens is 278 g/mol. The molecule has 0 spiro atoms. The van der Waals surface area contributed by atoms with Crippen molar-refractivity contribution in [1.82, 2.24) is 9.80 Å². The molecule has 2 bridgehead atoms. The Morgan fingerprint density at radius 2 is 2.00 bits per heavy atom. The number of carboxylic acid groups (broad SMARTS) is 1. The van der Waals surface area contributed by atoms with Crippen molar-refractivity contribution in [2.45, 2.75) is 37.9 Å². The zero-order valence-electron chi connectivity index (χ0n) is 12.9. The highest BCUT2D eigenvalue weighted by atomic mass is 16.4. The quantitative estimate of drug-likeness (QED) is 0.911. The average molecular weight is 299 g/mol. The Hall–Kier alpha value is -2.06. The molecule has 2 heterocycles. The van der Waals surface area contributed by atoms with Gasteiger partial charge in [-0.2, -0.15) is 5.26 Å². The van der Waals surface area contributed by atoms with Gasteiger partial charge in [-0.15, -0.1) is 0 Å². The smallest absolute Gasteiger partial charge is 0.407 e. The summed E-state index contributed by atoms with van der Waals surface area (Å²) in [6, 6.07) is 12.7. The maximum absolute atomic E-state index is 11.3. The summed E-state index contributed by atoms with van der Waals surface area (Å²) < 4.78 is 0. The van der Waals surface area contributed by atoms with Gasteiger partial charge in [-0.1, -0.05) is 30.3 Å². The number of nitriles is 1. The van der Waals surface area contributed by atoms with Gasteiger partial charge in [-0.25, -0.2) is 4.79 Å². The second-order valence-corrected chi connectivity index (χ2v) is 6.71. The van der Waals surface area contributed by atoms with Gasteiger partial charge in [0.2, 0.25) is 0 Å². The normalized spacial score (nSPS) is 28.4. The minimum atomic E-state index is -0.884. The first-order chi connectivity index (χ1) is 10.4. The van der Waals surface area contributed by atoms with Crippen molar-refractivity contribution in [3.8, 4) is 6.07 Å². The van der Waals surface area contributed by atoms with Crippen LogP contribution in [0.4, 0.5) is 4.79 Å². The Balaban J connectivity index is 1.95. The Labute approximate surface area is 130 Å². The predicted molar refractivity (Wildman–Crippen MR) is 82.2 cm³/mol. The van der Waals surface area contributed by atoms with Crippen LogP contribution in [0.3, 0.4) is 0 Å². The van der Waals surface area contributed by atoms with Crippen LogP contribution in [-0.2, 0) is 5.54 Å². The summed E-state index contributed by atoms with van der Waals surface area (Å²) in [5.41, 5.74) is 0.986. The van der Waals surface area contributed by atoms with Gasteiger partial charge in [-0.05, 0) is 25.8 Å². The van der Waals surface area contributed by atoms with Gasteiger partial charge >= 0.3 is 6.09 Å². The zero-order chi connectivity index (χ0) is 15.9. The van der Waals surface area contributed by atoms with Crippen LogP contribution in [0.1, 0.15) is 25.8 Å². The molecule has 1 aromatic carbocycles. The van der Waals surface area contributed by atoms with E-state index in [2.05, 4.69) is 36.9 Å². The fourth-order valence-electron chi connectivity index (χ4n) is 4.12. The van der Waals surface area contributed by atoms with E-state index in [1.165, 1.54) is 10.5 Å². The largest absolute Gasteiger partial charge is 0.465 e. The van der Waals surface area contributed by atoms with E-state index in [0.717, 1.165) is 6.42 Å². The number of piperazine rings is 1. The lowest BCUT2D eigenvalue weighted by Gasteiger charge is -2.49. The van der Waals surface area contributed by atoms with Crippen molar-refractivity contribution in [1.29, 1.82) is 5.26 Å². The number of hydrogen-bond donors (Lipinski definition) is 1. The first-order valence-electron chi connectivity index (χ1n) is 7.66. The van der Waals surface area contributed by atoms with Gasteiger partial charge in [0.05, 0.1) is 12.0 Å². The van der Waals surface area contributed by atoms with Crippen LogP contribution in [0.5, 0.6) is 0 Å². The van der Waals surface area contributed by atoms with E-state index in [-0.39, 0.29) is 23.5 Å². The van der Waals surface area contributed by atoms with Gasteiger partial charge in [0.25, 0.3) is 0 Å². The topological polar surface area (TPSA) is 67.6 Å². The Morgan fingerprint density at radius 3 is 2.59 bits per heavy atom. The molecule has 0 aromatic heterocycles. The molecule has 1 amide bonds. The maximum atomic E-state index is 11.3. The minimum Gasteiger partial charge on any atom is -0.465 e. The van der Waals surface area contributed by atoms with Crippen molar-refractivity contribution < 1.29 is 9.90 Å². The third-order valence-corrected chi connectivity index (χ3v) is 5.14. The van der Waals surface area contributed by atoms with Crippen LogP contribution >= 0.6 is 0 Å². The van der Waals surface area contributed by atoms with Crippen LogP contribution in [0, 0.1) is 17.2 Å². The van der Waals surface area contributed by atoms with Gasteiger partial charge in [0.1, 0.15) is 0 Å². The fourth-order valence-corrected chi connectivity index (χ4v) is 4.12. The lowest BCUT2D eigenvalue weighted by molar-refractivity contribution is -0.00724. The van der Waals surface area contributed by atoms with Crippen LogP contribution in [0.2, 0.25) is 0 Å². The Kier molecular flexibility index (Phi) is 3.57. The van der Waals surface area contributed by atoms with Gasteiger partial charge in [-0.3, -0.25) is 4.90 Å². The molecular formula is C17H21N3O2. The summed E-state index contributed by atoms with van der Waals surface area (Å²) in [6.07, 6.45) is -0.132. The van der Waals surface area contributed by atoms with E-state index in [1.807, 2.05) is 18.2 Å². The SMILES string of the molecule is CC(C)(c1ccccc1)N1[C@@H]2CC(C#N)[C@H]1CN(C(=O)O)C2. The van der Waals surface area contributed by atoms with Crippen molar-refractivity contribution >= 4 is 6.09 Å². The fraction of sp³-hybridized carbons (Fsp3) is 0.529. The molecule has 0 saturated carbocycles. The molecule has 1 aromatic rings. The van der Waals surface area contributed by atoms with Crippen molar-refractivity contribution in [3.63, 3.8) is 0 Å². The van der Waals surface area contributed by atoms with Gasteiger partial charge in [0.15, 0.2) is 0 Å². The van der Waals surface area contributed by atoms with E-state index in [9.17, 15) is 15.2 Å². The zero-order valence-corrected chi connectivity index (χ0v) is 12.9. The minimum absolute atomic E-state index is 0.0324. The highest BCUT2D eigenvalue weighted by molar-refractivity contribution is 5.65. The molecule has 2 aliphatic heterocycles. The molecule has 2 saturated heterocycles. The Bertz CT molecular complexity index is 608. The van der Waals surface area contributed by atoms with E-state index >= 15 is 0 Å². The number of likely N-dealkylation sites (tertiary alicyclic amines) is 1. The summed E-state index contributed by atoms with van der Waals surface area (Å²) in [5, 5.41) is 18.7. The van der Waals surface area contributed by atoms with Crippen molar-refractivity contribution in [2.75, 3.05) is 13.1 Å². The lowest BCUT2D eigenvalue weighted by atomic mass is 9.89. The van der Waals surface area contributed by atoms with E-state index in [0.29, 0.717) is 13.1 Å². The third-order valence-electron chi connectivity index (χ3n) is 5.14. The second-order valence-electron chi connectivity index (χ2n) is 6.71. The molecule has 3 atom stereocenters. The summed E-state index contributed by atoms with van der Waals surface area (Å²) in [4.78, 5) is 15.2. The van der Waals surface area contributed by atoms with Gasteiger partial charge in [0, 0.05) is 30.7 Å². The molecule has 2 aliphatic rings. The third kappa shape index (κ3) is 2.24. The van der Waals surface area contributed by atoms with E-state index in [4.69, 9.17) is 0 Å². The van der Waals surface area contributed by atoms with Crippen LogP contribution in [0.25, 0.3) is 0 Å². The number of fused-ring (bicyclic) bond motifs is 2. The molecule has 3 rings (SSSR count). The maximum Gasteiger partial charge on any atom is 0.407 e. The number of nitrogens with zero attached hydrogens (tertiary/aromatic N) is 3. The Morgan fingerprint density at radius 1 is 1.32 bits per heavy atom. The lowest BCUT2D eigenvalue weighted by Crippen LogP contribution is -2.61. The monoisotopic (exact) mass is 299 g/mol. The molecule has 1 unspecified atom stereocenters. The molecule has 5 heteroatoms. The molecule has 116 valence electrons. The standard InChI is InChI=1S/C17H21N3O2/c1-17(2,13-6-4-3-5-7-13)20-14-8-12(9-18)15(20)11-19(10-14)16(21)22/h3-7,12,14-15H,8,10-11H2,1-2H3,(H,21,22)/t12?,14-,15-/m1/s1. The van der Waals surface area contributed by atoms with Crippen LogP contribution in [0.15, 0.2) is 30.3 Å². The summed E-state index contributed by atoms with van der Waals surface area (Å²) in [5.74, 6) is -0.0997. The van der Waals surface area contributed by atoms with Crippen LogP contribution in [-0.4, -0.2) is 46.2 Å².